The van der Waals surface area contributed by atoms with Crippen LogP contribution in [-0.4, -0.2) is 74.9 Å². The average Bonchev–Trinajstić information content (AvgIpc) is 3.59. The highest BCUT2D eigenvalue weighted by Gasteiger charge is 2.72. The summed E-state index contributed by atoms with van der Waals surface area (Å²) in [6, 6.07) is 0. The van der Waals surface area contributed by atoms with E-state index >= 15 is 0 Å². The molecule has 2 amide bonds. The van der Waals surface area contributed by atoms with E-state index in [4.69, 9.17) is 24.7 Å². The number of rotatable bonds is 9. The molecule has 170 valence electrons. The Hall–Kier alpha value is -1.52. The first-order valence-corrected chi connectivity index (χ1v) is 10.6. The van der Waals surface area contributed by atoms with Crippen LogP contribution in [0.4, 0.5) is 4.79 Å². The highest BCUT2D eigenvalue weighted by atomic mass is 16.6. The number of alkyl carbamates (subject to hydrolysis) is 1. The van der Waals surface area contributed by atoms with Crippen LogP contribution in [0, 0.1) is 5.92 Å². The number of methoxy groups -OCH3 is 1. The Labute approximate surface area is 178 Å². The molecular weight excluding hydrogens is 390 g/mol. The Morgan fingerprint density at radius 2 is 2.07 bits per heavy atom. The molecule has 2 heterocycles. The second kappa shape index (κ2) is 9.32. The van der Waals surface area contributed by atoms with Crippen molar-refractivity contribution in [2.45, 2.75) is 69.5 Å². The van der Waals surface area contributed by atoms with E-state index in [0.29, 0.717) is 26.1 Å². The van der Waals surface area contributed by atoms with Gasteiger partial charge in [0.05, 0.1) is 25.2 Å². The van der Waals surface area contributed by atoms with Crippen molar-refractivity contribution in [1.82, 2.24) is 10.6 Å². The maximum atomic E-state index is 12.3. The molecule has 3 aliphatic rings. The Morgan fingerprint density at radius 1 is 1.33 bits per heavy atom. The van der Waals surface area contributed by atoms with Crippen LogP contribution in [0.2, 0.25) is 0 Å². The van der Waals surface area contributed by atoms with Gasteiger partial charge in [0.25, 0.3) is 0 Å². The molecule has 6 unspecified atom stereocenters. The van der Waals surface area contributed by atoms with E-state index in [-0.39, 0.29) is 30.3 Å². The highest BCUT2D eigenvalue weighted by molar-refractivity contribution is 5.92. The number of carbonyl (C=O) groups excluding carboxylic acids is 2. The standard InChI is InChI=1S/C21H35N3O6/c1-13(2)5-6-15-20(3,30-15)18-17(27-4)14(7-8-21(18)12-28-21)29-19(26)24-16(25)11-23-10-9-22/h5,14-15,17-18,23H,6-12,22H2,1-4H3,(H,24,25,26). The summed E-state index contributed by atoms with van der Waals surface area (Å²) >= 11 is 0. The normalized spacial score (nSPS) is 36.8. The molecule has 0 radical (unpaired) electrons. The van der Waals surface area contributed by atoms with Gasteiger partial charge in [-0.25, -0.2) is 4.79 Å². The molecule has 0 bridgehead atoms. The number of carbonyl (C=O) groups is 2. The lowest BCUT2D eigenvalue weighted by molar-refractivity contribution is -0.125. The van der Waals surface area contributed by atoms with Gasteiger partial charge in [-0.05, 0) is 40.0 Å². The number of nitrogens with two attached hydrogens (primary N) is 1. The molecule has 9 nitrogen and oxygen atoms in total. The van der Waals surface area contributed by atoms with Crippen LogP contribution in [0.15, 0.2) is 11.6 Å². The van der Waals surface area contributed by atoms with Gasteiger partial charge >= 0.3 is 6.09 Å². The van der Waals surface area contributed by atoms with E-state index in [9.17, 15) is 9.59 Å². The molecule has 3 rings (SSSR count). The van der Waals surface area contributed by atoms with E-state index < -0.39 is 23.7 Å². The molecule has 4 N–H and O–H groups in total. The molecule has 2 aliphatic heterocycles. The van der Waals surface area contributed by atoms with Crippen molar-refractivity contribution in [3.63, 3.8) is 0 Å². The van der Waals surface area contributed by atoms with Crippen molar-refractivity contribution in [1.29, 1.82) is 0 Å². The van der Waals surface area contributed by atoms with Gasteiger partial charge < -0.3 is 30.0 Å². The molecule has 0 aromatic carbocycles. The lowest BCUT2D eigenvalue weighted by atomic mass is 9.68. The zero-order valence-electron chi connectivity index (χ0n) is 18.4. The van der Waals surface area contributed by atoms with Gasteiger partial charge in [-0.1, -0.05) is 11.6 Å². The SMILES string of the molecule is COC1C(OC(=O)NC(=O)CNCCN)CCC2(CO2)C1C1(C)OC1CC=C(C)C. The lowest BCUT2D eigenvalue weighted by Gasteiger charge is -2.42. The smallest absolute Gasteiger partial charge is 0.414 e. The molecule has 0 aromatic heterocycles. The Bertz CT molecular complexity index is 676. The summed E-state index contributed by atoms with van der Waals surface area (Å²) in [4.78, 5) is 24.1. The molecule has 1 aliphatic carbocycles. The van der Waals surface area contributed by atoms with E-state index in [0.717, 1.165) is 12.8 Å². The van der Waals surface area contributed by atoms with Gasteiger partial charge in [0.1, 0.15) is 23.4 Å². The summed E-state index contributed by atoms with van der Waals surface area (Å²) in [6.45, 7) is 7.80. The first kappa shape index (κ1) is 23.1. The number of nitrogens with one attached hydrogen (secondary N) is 2. The number of imide groups is 1. The molecule has 3 fully saturated rings. The number of allylic oxidation sites excluding steroid dienone is 1. The molecule has 1 spiro atoms. The van der Waals surface area contributed by atoms with Gasteiger partial charge in [-0.15, -0.1) is 0 Å². The van der Waals surface area contributed by atoms with Crippen LogP contribution in [-0.2, 0) is 23.7 Å². The molecule has 9 heteroatoms. The van der Waals surface area contributed by atoms with Crippen molar-refractivity contribution < 1.29 is 28.5 Å². The zero-order chi connectivity index (χ0) is 21.9. The van der Waals surface area contributed by atoms with Gasteiger partial charge in [0.15, 0.2) is 0 Å². The van der Waals surface area contributed by atoms with E-state index in [2.05, 4.69) is 37.5 Å². The van der Waals surface area contributed by atoms with E-state index in [1.165, 1.54) is 5.57 Å². The van der Waals surface area contributed by atoms with Crippen molar-refractivity contribution in [3.8, 4) is 0 Å². The summed E-state index contributed by atoms with van der Waals surface area (Å²) in [6.07, 6.45) is 2.83. The summed E-state index contributed by atoms with van der Waals surface area (Å²) < 4.78 is 23.5. The third-order valence-corrected chi connectivity index (χ3v) is 6.34. The Morgan fingerprint density at radius 3 is 2.67 bits per heavy atom. The first-order valence-electron chi connectivity index (χ1n) is 10.6. The zero-order valence-corrected chi connectivity index (χ0v) is 18.4. The molecular formula is C21H35N3O6. The fourth-order valence-electron chi connectivity index (χ4n) is 4.70. The summed E-state index contributed by atoms with van der Waals surface area (Å²) in [5, 5.41) is 5.08. The molecule has 2 saturated heterocycles. The molecule has 30 heavy (non-hydrogen) atoms. The van der Waals surface area contributed by atoms with Gasteiger partial charge in [0, 0.05) is 20.2 Å². The highest BCUT2D eigenvalue weighted by Crippen LogP contribution is 2.59. The molecule has 6 atom stereocenters. The molecule has 0 aromatic rings. The monoisotopic (exact) mass is 425 g/mol. The minimum Gasteiger partial charge on any atom is -0.443 e. The van der Waals surface area contributed by atoms with Crippen LogP contribution in [0.5, 0.6) is 0 Å². The van der Waals surface area contributed by atoms with Gasteiger partial charge in [-0.2, -0.15) is 0 Å². The largest absolute Gasteiger partial charge is 0.443 e. The van der Waals surface area contributed by atoms with Crippen LogP contribution < -0.4 is 16.4 Å². The number of epoxide rings is 2. The third kappa shape index (κ3) is 5.03. The Kier molecular flexibility index (Phi) is 7.19. The van der Waals surface area contributed by atoms with Crippen LogP contribution in [0.1, 0.15) is 40.0 Å². The van der Waals surface area contributed by atoms with Crippen molar-refractivity contribution >= 4 is 12.0 Å². The molecule has 1 saturated carbocycles. The van der Waals surface area contributed by atoms with Gasteiger partial charge in [-0.3, -0.25) is 10.1 Å². The van der Waals surface area contributed by atoms with Crippen molar-refractivity contribution in [3.05, 3.63) is 11.6 Å². The van der Waals surface area contributed by atoms with E-state index in [1.807, 2.05) is 0 Å². The summed E-state index contributed by atoms with van der Waals surface area (Å²) in [5.74, 6) is -0.518. The van der Waals surface area contributed by atoms with Crippen LogP contribution in [0.25, 0.3) is 0 Å². The number of hydrogen-bond acceptors (Lipinski definition) is 8. The summed E-state index contributed by atoms with van der Waals surface area (Å²) in [7, 11) is 1.62. The lowest BCUT2D eigenvalue weighted by Crippen LogP contribution is -2.56. The fraction of sp³-hybridized carbons (Fsp3) is 0.810. The first-order chi connectivity index (χ1) is 14.3. The average molecular weight is 426 g/mol. The second-order valence-electron chi connectivity index (χ2n) is 8.84. The second-order valence-corrected chi connectivity index (χ2v) is 8.84. The topological polar surface area (TPSA) is 128 Å². The third-order valence-electron chi connectivity index (χ3n) is 6.34. The summed E-state index contributed by atoms with van der Waals surface area (Å²) in [5.41, 5.74) is 5.94. The maximum absolute atomic E-state index is 12.3. The number of ether oxygens (including phenoxy) is 4. The minimum absolute atomic E-state index is 0.00219. The predicted molar refractivity (Wildman–Crippen MR) is 110 cm³/mol. The van der Waals surface area contributed by atoms with Crippen LogP contribution >= 0.6 is 0 Å². The number of hydrogen-bond donors (Lipinski definition) is 3. The maximum Gasteiger partial charge on any atom is 0.414 e. The quantitative estimate of drug-likeness (QED) is 0.282. The fourth-order valence-corrected chi connectivity index (χ4v) is 4.70. The van der Waals surface area contributed by atoms with E-state index in [1.54, 1.807) is 7.11 Å². The van der Waals surface area contributed by atoms with Gasteiger partial charge in [0.2, 0.25) is 5.91 Å². The van der Waals surface area contributed by atoms with Crippen LogP contribution in [0.3, 0.4) is 0 Å². The van der Waals surface area contributed by atoms with Crippen molar-refractivity contribution in [2.24, 2.45) is 11.7 Å². The van der Waals surface area contributed by atoms with Crippen molar-refractivity contribution in [2.75, 3.05) is 33.4 Å². The minimum atomic E-state index is -0.768. The number of amides is 2. The Balaban J connectivity index is 1.63. The predicted octanol–water partition coefficient (Wildman–Crippen LogP) is 0.864.